The molecule has 0 saturated carbocycles. The molecule has 1 heteroatoms. The number of benzene rings is 2. The van der Waals surface area contributed by atoms with Crippen LogP contribution in [0.2, 0.25) is 0 Å². The van der Waals surface area contributed by atoms with Gasteiger partial charge in [0, 0.05) is 5.54 Å². The monoisotopic (exact) mass is 210 g/mol. The maximum Gasteiger partial charge on any atom is 0.0451 e. The van der Waals surface area contributed by atoms with E-state index in [0.29, 0.717) is 0 Å². The number of hydrogen-bond donors (Lipinski definition) is 1. The molecule has 81 valence electrons. The molecule has 2 rings (SSSR count). The SMILES string of the molecule is [CH2]C(N)(Cc1ccccc1)c1ccccc1. The van der Waals surface area contributed by atoms with E-state index in [1.807, 2.05) is 48.5 Å². The number of nitrogens with two attached hydrogens (primary N) is 1. The maximum absolute atomic E-state index is 6.26. The smallest absolute Gasteiger partial charge is 0.0451 e. The summed E-state index contributed by atoms with van der Waals surface area (Å²) >= 11 is 0. The van der Waals surface area contributed by atoms with Gasteiger partial charge in [0.25, 0.3) is 0 Å². The van der Waals surface area contributed by atoms with Crippen molar-refractivity contribution in [2.24, 2.45) is 5.73 Å². The topological polar surface area (TPSA) is 26.0 Å². The van der Waals surface area contributed by atoms with E-state index in [-0.39, 0.29) is 0 Å². The van der Waals surface area contributed by atoms with Gasteiger partial charge in [0.15, 0.2) is 0 Å². The van der Waals surface area contributed by atoms with Crippen LogP contribution in [0, 0.1) is 6.92 Å². The Morgan fingerprint density at radius 2 is 1.38 bits per heavy atom. The van der Waals surface area contributed by atoms with E-state index >= 15 is 0 Å². The van der Waals surface area contributed by atoms with Crippen molar-refractivity contribution in [2.75, 3.05) is 0 Å². The van der Waals surface area contributed by atoms with Crippen molar-refractivity contribution in [3.63, 3.8) is 0 Å². The molecule has 0 aliphatic heterocycles. The second kappa shape index (κ2) is 4.50. The van der Waals surface area contributed by atoms with Crippen LogP contribution in [-0.2, 0) is 12.0 Å². The fourth-order valence-corrected chi connectivity index (χ4v) is 1.83. The van der Waals surface area contributed by atoms with Gasteiger partial charge >= 0.3 is 0 Å². The van der Waals surface area contributed by atoms with Crippen molar-refractivity contribution >= 4 is 0 Å². The summed E-state index contributed by atoms with van der Waals surface area (Å²) in [5, 5.41) is 0. The van der Waals surface area contributed by atoms with Crippen LogP contribution in [0.15, 0.2) is 60.7 Å². The molecule has 16 heavy (non-hydrogen) atoms. The predicted octanol–water partition coefficient (Wildman–Crippen LogP) is 2.92. The Morgan fingerprint density at radius 1 is 0.875 bits per heavy atom. The average molecular weight is 210 g/mol. The van der Waals surface area contributed by atoms with E-state index in [2.05, 4.69) is 19.1 Å². The molecule has 1 atom stereocenters. The Balaban J connectivity index is 2.21. The lowest BCUT2D eigenvalue weighted by molar-refractivity contribution is 0.553. The van der Waals surface area contributed by atoms with Gasteiger partial charge in [-0.1, -0.05) is 60.7 Å². The maximum atomic E-state index is 6.26. The van der Waals surface area contributed by atoms with Crippen LogP contribution in [0.25, 0.3) is 0 Å². The van der Waals surface area contributed by atoms with Crippen molar-refractivity contribution in [3.8, 4) is 0 Å². The first kappa shape index (κ1) is 10.9. The third kappa shape index (κ3) is 2.50. The largest absolute Gasteiger partial charge is 0.321 e. The minimum Gasteiger partial charge on any atom is -0.321 e. The first-order valence-corrected chi connectivity index (χ1v) is 5.42. The van der Waals surface area contributed by atoms with E-state index in [0.717, 1.165) is 12.0 Å². The van der Waals surface area contributed by atoms with E-state index in [9.17, 15) is 0 Å². The van der Waals surface area contributed by atoms with Gasteiger partial charge in [-0.2, -0.15) is 0 Å². The molecule has 0 amide bonds. The summed E-state index contributed by atoms with van der Waals surface area (Å²) in [5.74, 6) is 0. The second-order valence-corrected chi connectivity index (χ2v) is 4.18. The minimum atomic E-state index is -0.553. The lowest BCUT2D eigenvalue weighted by atomic mass is 9.87. The molecule has 2 N–H and O–H groups in total. The molecule has 0 aliphatic rings. The Labute approximate surface area is 96.9 Å². The molecule has 2 aromatic rings. The normalized spacial score (nSPS) is 14.4. The first-order chi connectivity index (χ1) is 7.68. The number of hydrogen-bond acceptors (Lipinski definition) is 1. The zero-order chi connectivity index (χ0) is 11.4. The van der Waals surface area contributed by atoms with Gasteiger partial charge in [-0.15, -0.1) is 0 Å². The summed E-state index contributed by atoms with van der Waals surface area (Å²) < 4.78 is 0. The van der Waals surface area contributed by atoms with Crippen LogP contribution >= 0.6 is 0 Å². The highest BCUT2D eigenvalue weighted by Crippen LogP contribution is 2.21. The van der Waals surface area contributed by atoms with Gasteiger partial charge in [-0.3, -0.25) is 0 Å². The zero-order valence-corrected chi connectivity index (χ0v) is 9.27. The molecule has 0 aromatic heterocycles. The van der Waals surface area contributed by atoms with Crippen LogP contribution in [0.3, 0.4) is 0 Å². The Hall–Kier alpha value is -1.60. The molecule has 0 bridgehead atoms. The summed E-state index contributed by atoms with van der Waals surface area (Å²) in [6, 6.07) is 20.2. The quantitative estimate of drug-likeness (QED) is 0.828. The molecule has 1 unspecified atom stereocenters. The van der Waals surface area contributed by atoms with E-state index < -0.39 is 5.54 Å². The summed E-state index contributed by atoms with van der Waals surface area (Å²) in [7, 11) is 0. The molecular weight excluding hydrogens is 194 g/mol. The third-order valence-electron chi connectivity index (χ3n) is 2.71. The van der Waals surface area contributed by atoms with Crippen LogP contribution in [0.5, 0.6) is 0 Å². The Kier molecular flexibility index (Phi) is 3.07. The molecule has 0 aliphatic carbocycles. The minimum absolute atomic E-state index is 0.553. The summed E-state index contributed by atoms with van der Waals surface area (Å²) in [6.07, 6.45) is 0.748. The fourth-order valence-electron chi connectivity index (χ4n) is 1.83. The van der Waals surface area contributed by atoms with Gasteiger partial charge in [-0.05, 0) is 24.5 Å². The summed E-state index contributed by atoms with van der Waals surface area (Å²) in [5.41, 5.74) is 7.99. The Morgan fingerprint density at radius 3 is 1.94 bits per heavy atom. The van der Waals surface area contributed by atoms with Crippen LogP contribution < -0.4 is 5.73 Å². The molecule has 2 aromatic carbocycles. The molecule has 0 fully saturated rings. The van der Waals surface area contributed by atoms with E-state index in [4.69, 9.17) is 5.73 Å². The lowest BCUT2D eigenvalue weighted by Crippen LogP contribution is -2.35. The zero-order valence-electron chi connectivity index (χ0n) is 9.27. The van der Waals surface area contributed by atoms with Gasteiger partial charge in [0.05, 0.1) is 0 Å². The molecular formula is C15H16N. The molecule has 1 nitrogen and oxygen atoms in total. The van der Waals surface area contributed by atoms with Crippen LogP contribution in [0.4, 0.5) is 0 Å². The van der Waals surface area contributed by atoms with Crippen molar-refractivity contribution in [2.45, 2.75) is 12.0 Å². The molecule has 0 heterocycles. The van der Waals surface area contributed by atoms with Crippen molar-refractivity contribution < 1.29 is 0 Å². The molecule has 1 radical (unpaired) electrons. The predicted molar refractivity (Wildman–Crippen MR) is 67.8 cm³/mol. The number of rotatable bonds is 3. The third-order valence-corrected chi connectivity index (χ3v) is 2.71. The van der Waals surface area contributed by atoms with Crippen LogP contribution in [0.1, 0.15) is 11.1 Å². The Bertz CT molecular complexity index is 432. The summed E-state index contributed by atoms with van der Waals surface area (Å²) in [4.78, 5) is 0. The standard InChI is InChI=1S/C15H16N/c1-15(16,14-10-6-3-7-11-14)12-13-8-4-2-5-9-13/h2-11H,1,12,16H2. The van der Waals surface area contributed by atoms with E-state index in [1.54, 1.807) is 0 Å². The lowest BCUT2D eigenvalue weighted by Gasteiger charge is -2.25. The fraction of sp³-hybridized carbons (Fsp3) is 0.133. The van der Waals surface area contributed by atoms with Gasteiger partial charge < -0.3 is 5.73 Å². The second-order valence-electron chi connectivity index (χ2n) is 4.18. The van der Waals surface area contributed by atoms with Crippen molar-refractivity contribution in [3.05, 3.63) is 78.7 Å². The highest BCUT2D eigenvalue weighted by atomic mass is 14.7. The van der Waals surface area contributed by atoms with Gasteiger partial charge in [-0.25, -0.2) is 0 Å². The van der Waals surface area contributed by atoms with Gasteiger partial charge in [0.2, 0.25) is 0 Å². The van der Waals surface area contributed by atoms with Gasteiger partial charge in [0.1, 0.15) is 0 Å². The highest BCUT2D eigenvalue weighted by Gasteiger charge is 2.21. The van der Waals surface area contributed by atoms with Crippen molar-refractivity contribution in [1.82, 2.24) is 0 Å². The summed E-state index contributed by atoms with van der Waals surface area (Å²) in [6.45, 7) is 4.11. The van der Waals surface area contributed by atoms with Crippen molar-refractivity contribution in [1.29, 1.82) is 0 Å². The van der Waals surface area contributed by atoms with Crippen LogP contribution in [-0.4, -0.2) is 0 Å². The molecule has 0 spiro atoms. The first-order valence-electron chi connectivity index (χ1n) is 5.42. The molecule has 0 saturated heterocycles. The van der Waals surface area contributed by atoms with E-state index in [1.165, 1.54) is 5.56 Å². The average Bonchev–Trinajstić information content (AvgIpc) is 2.31. The highest BCUT2D eigenvalue weighted by molar-refractivity contribution is 5.29.